The third kappa shape index (κ3) is 3.06. The first-order chi connectivity index (χ1) is 8.16. The standard InChI is InChI=1S/C12H18N2O3/c15-11(9-2-1-5-13-7-9)14-10-4-3-8(6-10)12(16)17/h3-4,8-10,13H,1-2,5-7H2,(H,14,15)(H,16,17)/t8?,9-,10?/m1/s1. The van der Waals surface area contributed by atoms with Crippen LogP contribution in [0.4, 0.5) is 0 Å². The molecular formula is C12H18N2O3. The first-order valence-corrected chi connectivity index (χ1v) is 6.09. The molecule has 17 heavy (non-hydrogen) atoms. The molecule has 0 aromatic heterocycles. The molecule has 1 amide bonds. The van der Waals surface area contributed by atoms with Gasteiger partial charge in [-0.2, -0.15) is 0 Å². The van der Waals surface area contributed by atoms with Gasteiger partial charge in [0, 0.05) is 12.6 Å². The highest BCUT2D eigenvalue weighted by Gasteiger charge is 2.28. The zero-order valence-corrected chi connectivity index (χ0v) is 9.69. The van der Waals surface area contributed by atoms with Crippen LogP contribution in [0.5, 0.6) is 0 Å². The first-order valence-electron chi connectivity index (χ1n) is 6.09. The van der Waals surface area contributed by atoms with Gasteiger partial charge < -0.3 is 15.7 Å². The molecular weight excluding hydrogens is 220 g/mol. The van der Waals surface area contributed by atoms with Gasteiger partial charge in [-0.3, -0.25) is 9.59 Å². The van der Waals surface area contributed by atoms with Crippen molar-refractivity contribution in [3.05, 3.63) is 12.2 Å². The molecule has 0 radical (unpaired) electrons. The zero-order valence-electron chi connectivity index (χ0n) is 9.69. The average molecular weight is 238 g/mol. The maximum absolute atomic E-state index is 11.9. The number of aliphatic carboxylic acids is 1. The van der Waals surface area contributed by atoms with E-state index in [2.05, 4.69) is 10.6 Å². The Morgan fingerprint density at radius 3 is 2.76 bits per heavy atom. The molecule has 3 N–H and O–H groups in total. The van der Waals surface area contributed by atoms with Gasteiger partial charge in [-0.15, -0.1) is 0 Å². The van der Waals surface area contributed by atoms with Crippen LogP contribution in [0.25, 0.3) is 0 Å². The molecule has 3 atom stereocenters. The van der Waals surface area contributed by atoms with E-state index in [4.69, 9.17) is 5.11 Å². The third-order valence-electron chi connectivity index (χ3n) is 3.40. The van der Waals surface area contributed by atoms with Crippen LogP contribution in [-0.4, -0.2) is 36.1 Å². The monoisotopic (exact) mass is 238 g/mol. The van der Waals surface area contributed by atoms with E-state index in [0.717, 1.165) is 25.9 Å². The topological polar surface area (TPSA) is 78.4 Å². The van der Waals surface area contributed by atoms with E-state index in [9.17, 15) is 9.59 Å². The Kier molecular flexibility index (Phi) is 3.78. The maximum atomic E-state index is 11.9. The summed E-state index contributed by atoms with van der Waals surface area (Å²) >= 11 is 0. The minimum atomic E-state index is -0.822. The highest BCUT2D eigenvalue weighted by atomic mass is 16.4. The number of rotatable bonds is 3. The molecule has 2 aliphatic rings. The number of carbonyl (C=O) groups is 2. The molecule has 94 valence electrons. The van der Waals surface area contributed by atoms with E-state index in [0.29, 0.717) is 6.42 Å². The molecule has 1 aliphatic heterocycles. The van der Waals surface area contributed by atoms with Gasteiger partial charge in [0.25, 0.3) is 0 Å². The number of carboxylic acids is 1. The van der Waals surface area contributed by atoms with Crippen LogP contribution in [0.2, 0.25) is 0 Å². The maximum Gasteiger partial charge on any atom is 0.310 e. The molecule has 0 spiro atoms. The Labute approximate surface area is 100 Å². The lowest BCUT2D eigenvalue weighted by Crippen LogP contribution is -2.43. The number of carbonyl (C=O) groups excluding carboxylic acids is 1. The van der Waals surface area contributed by atoms with Crippen molar-refractivity contribution in [1.29, 1.82) is 0 Å². The fourth-order valence-electron chi connectivity index (χ4n) is 2.37. The van der Waals surface area contributed by atoms with Gasteiger partial charge in [0.2, 0.25) is 5.91 Å². The molecule has 0 aromatic rings. The van der Waals surface area contributed by atoms with Crippen LogP contribution in [0.15, 0.2) is 12.2 Å². The number of hydrogen-bond donors (Lipinski definition) is 3. The van der Waals surface area contributed by atoms with Crippen LogP contribution in [0.1, 0.15) is 19.3 Å². The lowest BCUT2D eigenvalue weighted by atomic mass is 9.98. The van der Waals surface area contributed by atoms with Gasteiger partial charge in [-0.05, 0) is 25.8 Å². The normalized spacial score (nSPS) is 32.4. The van der Waals surface area contributed by atoms with E-state index < -0.39 is 11.9 Å². The summed E-state index contributed by atoms with van der Waals surface area (Å²) in [6, 6.07) is -0.120. The lowest BCUT2D eigenvalue weighted by Gasteiger charge is -2.23. The van der Waals surface area contributed by atoms with Gasteiger partial charge in [0.1, 0.15) is 0 Å². The highest BCUT2D eigenvalue weighted by Crippen LogP contribution is 2.19. The summed E-state index contributed by atoms with van der Waals surface area (Å²) in [6.07, 6.45) is 5.86. The van der Waals surface area contributed by atoms with Crippen LogP contribution in [0.3, 0.4) is 0 Å². The second-order valence-corrected chi connectivity index (χ2v) is 4.72. The molecule has 1 fully saturated rings. The molecule has 5 heteroatoms. The molecule has 2 unspecified atom stereocenters. The summed E-state index contributed by atoms with van der Waals surface area (Å²) in [5.74, 6) is -1.21. The van der Waals surface area contributed by atoms with Crippen molar-refractivity contribution in [3.63, 3.8) is 0 Å². The van der Waals surface area contributed by atoms with Crippen molar-refractivity contribution in [2.45, 2.75) is 25.3 Å². The average Bonchev–Trinajstić information content (AvgIpc) is 2.79. The van der Waals surface area contributed by atoms with E-state index in [1.807, 2.05) is 0 Å². The van der Waals surface area contributed by atoms with Crippen molar-refractivity contribution in [3.8, 4) is 0 Å². The van der Waals surface area contributed by atoms with Gasteiger partial charge in [0.15, 0.2) is 0 Å². The summed E-state index contributed by atoms with van der Waals surface area (Å²) < 4.78 is 0. The Bertz CT molecular complexity index is 335. The summed E-state index contributed by atoms with van der Waals surface area (Å²) in [4.78, 5) is 22.7. The second kappa shape index (κ2) is 5.31. The SMILES string of the molecule is O=C(O)C1C=CC(NC(=O)[C@@H]2CCCNC2)C1. The second-order valence-electron chi connectivity index (χ2n) is 4.72. The van der Waals surface area contributed by atoms with Gasteiger partial charge in [-0.25, -0.2) is 0 Å². The predicted octanol–water partition coefficient (Wildman–Crippen LogP) is 0.131. The van der Waals surface area contributed by atoms with E-state index in [1.54, 1.807) is 12.2 Å². The molecule has 0 bridgehead atoms. The lowest BCUT2D eigenvalue weighted by molar-refractivity contribution is -0.140. The van der Waals surface area contributed by atoms with Crippen LogP contribution >= 0.6 is 0 Å². The molecule has 0 saturated carbocycles. The van der Waals surface area contributed by atoms with Crippen LogP contribution < -0.4 is 10.6 Å². The van der Waals surface area contributed by atoms with Crippen molar-refractivity contribution < 1.29 is 14.7 Å². The quantitative estimate of drug-likeness (QED) is 0.611. The Balaban J connectivity index is 1.80. The van der Waals surface area contributed by atoms with Gasteiger partial charge >= 0.3 is 5.97 Å². The van der Waals surface area contributed by atoms with E-state index in [-0.39, 0.29) is 17.9 Å². The summed E-state index contributed by atoms with van der Waals surface area (Å²) in [5.41, 5.74) is 0. The fourth-order valence-corrected chi connectivity index (χ4v) is 2.37. The largest absolute Gasteiger partial charge is 0.481 e. The smallest absolute Gasteiger partial charge is 0.310 e. The Morgan fingerprint density at radius 1 is 1.35 bits per heavy atom. The summed E-state index contributed by atoms with van der Waals surface area (Å²) in [5, 5.41) is 14.9. The van der Waals surface area contributed by atoms with E-state index in [1.165, 1.54) is 0 Å². The predicted molar refractivity (Wildman–Crippen MR) is 62.4 cm³/mol. The van der Waals surface area contributed by atoms with Crippen molar-refractivity contribution in [2.24, 2.45) is 11.8 Å². The summed E-state index contributed by atoms with van der Waals surface area (Å²) in [6.45, 7) is 1.71. The first kappa shape index (κ1) is 12.1. The fraction of sp³-hybridized carbons (Fsp3) is 0.667. The van der Waals surface area contributed by atoms with Gasteiger partial charge in [-0.1, -0.05) is 12.2 Å². The van der Waals surface area contributed by atoms with Crippen molar-refractivity contribution in [2.75, 3.05) is 13.1 Å². The molecule has 1 saturated heterocycles. The number of nitrogens with one attached hydrogen (secondary N) is 2. The highest BCUT2D eigenvalue weighted by molar-refractivity contribution is 5.80. The summed E-state index contributed by atoms with van der Waals surface area (Å²) in [7, 11) is 0. The van der Waals surface area contributed by atoms with Crippen LogP contribution in [-0.2, 0) is 9.59 Å². The zero-order chi connectivity index (χ0) is 12.3. The van der Waals surface area contributed by atoms with Crippen molar-refractivity contribution in [1.82, 2.24) is 10.6 Å². The number of piperidine rings is 1. The van der Waals surface area contributed by atoms with Crippen LogP contribution in [0, 0.1) is 11.8 Å². The minimum Gasteiger partial charge on any atom is -0.481 e. The number of amides is 1. The molecule has 0 aromatic carbocycles. The minimum absolute atomic E-state index is 0.0287. The van der Waals surface area contributed by atoms with Crippen molar-refractivity contribution >= 4 is 11.9 Å². The molecule has 1 heterocycles. The molecule has 1 aliphatic carbocycles. The Hall–Kier alpha value is -1.36. The Morgan fingerprint density at radius 2 is 2.18 bits per heavy atom. The molecule has 2 rings (SSSR count). The third-order valence-corrected chi connectivity index (χ3v) is 3.40. The number of hydrogen-bond acceptors (Lipinski definition) is 3. The molecule has 5 nitrogen and oxygen atoms in total. The number of carboxylic acid groups (broad SMARTS) is 1. The van der Waals surface area contributed by atoms with E-state index >= 15 is 0 Å². The van der Waals surface area contributed by atoms with Gasteiger partial charge in [0.05, 0.1) is 11.8 Å².